The van der Waals surface area contributed by atoms with Crippen molar-refractivity contribution in [3.63, 3.8) is 0 Å². The number of benzene rings is 1. The molecule has 2 aliphatic carbocycles. The number of aromatic nitrogens is 3. The van der Waals surface area contributed by atoms with Gasteiger partial charge in [-0.1, -0.05) is 52.3 Å². The Hall–Kier alpha value is -2.41. The van der Waals surface area contributed by atoms with Gasteiger partial charge in [-0.2, -0.15) is 4.72 Å². The van der Waals surface area contributed by atoms with Crippen LogP contribution in [0.15, 0.2) is 30.5 Å². The molecule has 4 fully saturated rings. The van der Waals surface area contributed by atoms with Crippen LogP contribution in [0, 0.1) is 25.2 Å². The first-order chi connectivity index (χ1) is 22.7. The molecule has 4 aliphatic rings. The van der Waals surface area contributed by atoms with Gasteiger partial charge in [-0.05, 0) is 86.5 Å². The van der Waals surface area contributed by atoms with Crippen molar-refractivity contribution in [2.75, 3.05) is 13.2 Å². The van der Waals surface area contributed by atoms with E-state index in [-0.39, 0.29) is 29.6 Å². The number of ether oxygens (including phenoxy) is 1. The summed E-state index contributed by atoms with van der Waals surface area (Å²) in [5, 5.41) is 6.66. The largest absolute Gasteiger partial charge is 0.362 e. The Morgan fingerprint density at radius 2 is 1.85 bits per heavy atom. The van der Waals surface area contributed by atoms with E-state index in [1.54, 1.807) is 0 Å². The third kappa shape index (κ3) is 7.51. The Bertz CT molecular complexity index is 1710. The number of nitrogens with one attached hydrogen (secondary N) is 4. The minimum atomic E-state index is -3.59. The van der Waals surface area contributed by atoms with E-state index in [1.165, 1.54) is 29.5 Å². The van der Waals surface area contributed by atoms with Crippen LogP contribution in [0.1, 0.15) is 113 Å². The predicted molar refractivity (Wildman–Crippen MR) is 190 cm³/mol. The lowest BCUT2D eigenvalue weighted by Crippen LogP contribution is -2.64. The molecule has 48 heavy (non-hydrogen) atoms. The van der Waals surface area contributed by atoms with Crippen LogP contribution in [0.4, 0.5) is 0 Å². The van der Waals surface area contributed by atoms with Gasteiger partial charge in [0.05, 0.1) is 23.7 Å². The lowest BCUT2D eigenvalue weighted by atomic mass is 9.87. The number of hydrogen-bond donors (Lipinski definition) is 4. The summed E-state index contributed by atoms with van der Waals surface area (Å²) in [5.74, 6) is 0.271. The quantitative estimate of drug-likeness (QED) is 0.272. The van der Waals surface area contributed by atoms with Gasteiger partial charge in [-0.15, -0.1) is 0 Å². The highest BCUT2D eigenvalue weighted by atomic mass is 32.2. The molecule has 5 unspecified atom stereocenters. The molecule has 11 heteroatoms. The van der Waals surface area contributed by atoms with Crippen molar-refractivity contribution in [2.24, 2.45) is 11.3 Å². The van der Waals surface area contributed by atoms with E-state index in [2.05, 4.69) is 91.0 Å². The Kier molecular flexibility index (Phi) is 9.26. The highest BCUT2D eigenvalue weighted by Crippen LogP contribution is 2.50. The standard InChI is InChI=1S/C37H55N7O3S/c1-23-9-7-10-24(2)33(23)29-17-32-42-35(40-29)43-48(45,46)28-12-8-11-25(15-28)20-44(27(22-47-32)18-37(6)13-14-37)21-26-19-38-30-16-31(36(3,4)5)41-34(30)39-26/h7,9-10,16,19,25,27-29,32,35,40,42-43H,8,11-15,17-18,20-22H2,1-6H3,(H,39,41)/t25?,27-,28?,29?,32?,35?/m1/s1. The summed E-state index contributed by atoms with van der Waals surface area (Å²) in [5.41, 5.74) is 7.66. The second-order valence-electron chi connectivity index (χ2n) is 16.6. The first-order valence-electron chi connectivity index (χ1n) is 18.0. The molecule has 0 radical (unpaired) electrons. The SMILES string of the molecule is Cc1cccc(C)c1C1CC2NC(N1)NS(=O)(=O)C1CCCC(C1)CN(Cc1cnc3cc(C(C)(C)C)[nH]c3n1)[C@H](CC1(C)CC1)CO2. The van der Waals surface area contributed by atoms with Gasteiger partial charge < -0.3 is 9.72 Å². The number of hydrogen-bond acceptors (Lipinski definition) is 8. The topological polar surface area (TPSA) is 124 Å². The zero-order valence-electron chi connectivity index (χ0n) is 29.6. The third-order valence-corrected chi connectivity index (χ3v) is 13.3. The zero-order chi connectivity index (χ0) is 33.8. The molecule has 7 rings (SSSR count). The fourth-order valence-electron chi connectivity index (χ4n) is 8.30. The van der Waals surface area contributed by atoms with E-state index in [4.69, 9.17) is 14.7 Å². The maximum absolute atomic E-state index is 14.0. The molecule has 2 aromatic heterocycles. The highest BCUT2D eigenvalue weighted by Gasteiger charge is 2.43. The van der Waals surface area contributed by atoms with E-state index in [9.17, 15) is 8.42 Å². The molecule has 2 saturated heterocycles. The Morgan fingerprint density at radius 1 is 1.08 bits per heavy atom. The van der Waals surface area contributed by atoms with Crippen molar-refractivity contribution in [3.8, 4) is 0 Å². The summed E-state index contributed by atoms with van der Waals surface area (Å²) < 4.78 is 37.8. The first kappa shape index (κ1) is 34.1. The van der Waals surface area contributed by atoms with Gasteiger partial charge in [0.2, 0.25) is 10.0 Å². The Balaban J connectivity index is 1.22. The van der Waals surface area contributed by atoms with Crippen molar-refractivity contribution in [1.29, 1.82) is 0 Å². The number of fused-ring (bicyclic) bond motifs is 5. The van der Waals surface area contributed by atoms with Crippen molar-refractivity contribution < 1.29 is 13.2 Å². The van der Waals surface area contributed by atoms with Crippen molar-refractivity contribution in [3.05, 3.63) is 58.5 Å². The molecule has 0 spiro atoms. The average molecular weight is 678 g/mol. The minimum Gasteiger partial charge on any atom is -0.362 e. The Labute approximate surface area is 286 Å². The van der Waals surface area contributed by atoms with Crippen LogP contribution in [0.5, 0.6) is 0 Å². The minimum absolute atomic E-state index is 0.0221. The van der Waals surface area contributed by atoms with Crippen LogP contribution in [-0.4, -0.2) is 65.2 Å². The molecule has 4 N–H and O–H groups in total. The van der Waals surface area contributed by atoms with Crippen molar-refractivity contribution in [2.45, 2.75) is 135 Å². The molecule has 2 saturated carbocycles. The van der Waals surface area contributed by atoms with Gasteiger partial charge in [-0.3, -0.25) is 20.5 Å². The maximum atomic E-state index is 14.0. The van der Waals surface area contributed by atoms with Crippen molar-refractivity contribution >= 4 is 21.2 Å². The maximum Gasteiger partial charge on any atom is 0.216 e. The number of rotatable bonds is 5. The van der Waals surface area contributed by atoms with Gasteiger partial charge >= 0.3 is 0 Å². The number of sulfonamides is 1. The smallest absolute Gasteiger partial charge is 0.216 e. The second kappa shape index (κ2) is 13.0. The zero-order valence-corrected chi connectivity index (χ0v) is 30.4. The molecule has 4 bridgehead atoms. The number of aryl methyl sites for hydroxylation is 2. The molecule has 6 atom stereocenters. The fourth-order valence-corrected chi connectivity index (χ4v) is 9.96. The van der Waals surface area contributed by atoms with E-state index in [0.29, 0.717) is 37.8 Å². The summed E-state index contributed by atoms with van der Waals surface area (Å²) in [7, 11) is -3.59. The van der Waals surface area contributed by atoms with Gasteiger partial charge in [-0.25, -0.2) is 13.4 Å². The molecule has 1 aromatic carbocycles. The van der Waals surface area contributed by atoms with E-state index in [0.717, 1.165) is 48.4 Å². The molecule has 10 nitrogen and oxygen atoms in total. The normalized spacial score (nSPS) is 31.0. The summed E-state index contributed by atoms with van der Waals surface area (Å²) in [4.78, 5) is 16.0. The molecule has 0 amide bonds. The summed E-state index contributed by atoms with van der Waals surface area (Å²) in [6.45, 7) is 15.3. The fraction of sp³-hybridized carbons (Fsp3) is 0.676. The lowest BCUT2D eigenvalue weighted by Gasteiger charge is -2.40. The Morgan fingerprint density at radius 3 is 2.58 bits per heavy atom. The van der Waals surface area contributed by atoms with Crippen LogP contribution >= 0.6 is 0 Å². The van der Waals surface area contributed by atoms with E-state index < -0.39 is 21.6 Å². The van der Waals surface area contributed by atoms with Crippen molar-refractivity contribution in [1.82, 2.24) is 35.2 Å². The molecule has 3 aromatic rings. The number of H-pyrrole nitrogens is 1. The van der Waals surface area contributed by atoms with Gasteiger partial charge in [0, 0.05) is 42.7 Å². The van der Waals surface area contributed by atoms with Crippen LogP contribution in [0.3, 0.4) is 0 Å². The highest BCUT2D eigenvalue weighted by molar-refractivity contribution is 7.90. The summed E-state index contributed by atoms with van der Waals surface area (Å²) >= 11 is 0. The molecular weight excluding hydrogens is 623 g/mol. The third-order valence-electron chi connectivity index (χ3n) is 11.4. The monoisotopic (exact) mass is 677 g/mol. The molecule has 4 heterocycles. The predicted octanol–water partition coefficient (Wildman–Crippen LogP) is 5.68. The van der Waals surface area contributed by atoms with Crippen LogP contribution in [0.2, 0.25) is 0 Å². The van der Waals surface area contributed by atoms with Crippen LogP contribution < -0.4 is 15.4 Å². The van der Waals surface area contributed by atoms with E-state index in [1.807, 2.05) is 6.20 Å². The molecule has 2 aliphatic heterocycles. The number of aromatic amines is 1. The van der Waals surface area contributed by atoms with Crippen LogP contribution in [-0.2, 0) is 26.7 Å². The van der Waals surface area contributed by atoms with Gasteiger partial charge in [0.1, 0.15) is 18.0 Å². The molecular formula is C37H55N7O3S. The second-order valence-corrected chi connectivity index (χ2v) is 18.6. The number of nitrogens with zero attached hydrogens (tertiary/aromatic N) is 3. The van der Waals surface area contributed by atoms with E-state index >= 15 is 0 Å². The van der Waals surface area contributed by atoms with Crippen LogP contribution in [0.25, 0.3) is 11.2 Å². The van der Waals surface area contributed by atoms with Gasteiger partial charge in [0.15, 0.2) is 5.65 Å². The summed E-state index contributed by atoms with van der Waals surface area (Å²) in [6.07, 6.45) is 8.48. The van der Waals surface area contributed by atoms with Gasteiger partial charge in [0.25, 0.3) is 0 Å². The first-order valence-corrected chi connectivity index (χ1v) is 19.6. The summed E-state index contributed by atoms with van der Waals surface area (Å²) in [6, 6.07) is 8.57. The average Bonchev–Trinajstić information content (AvgIpc) is 3.57. The lowest BCUT2D eigenvalue weighted by molar-refractivity contribution is -0.0496. The molecule has 262 valence electrons.